The first-order chi connectivity index (χ1) is 19.7. The van der Waals surface area contributed by atoms with Crippen molar-refractivity contribution in [2.75, 3.05) is 43.5 Å². The van der Waals surface area contributed by atoms with Crippen LogP contribution in [0.5, 0.6) is 0 Å². The van der Waals surface area contributed by atoms with Crippen LogP contribution in [0.4, 0.5) is 20.6 Å². The maximum absolute atomic E-state index is 13.4. The average Bonchev–Trinajstić information content (AvgIpc) is 3.23. The van der Waals surface area contributed by atoms with Crippen molar-refractivity contribution >= 4 is 35.3 Å². The number of hydrogen-bond acceptors (Lipinski definition) is 7. The van der Waals surface area contributed by atoms with Gasteiger partial charge in [0.25, 0.3) is 11.8 Å². The van der Waals surface area contributed by atoms with Gasteiger partial charge in [0, 0.05) is 44.1 Å². The van der Waals surface area contributed by atoms with E-state index in [2.05, 4.69) is 15.6 Å². The third-order valence-electron chi connectivity index (χ3n) is 6.66. The van der Waals surface area contributed by atoms with Gasteiger partial charge in [0.2, 0.25) is 0 Å². The largest absolute Gasteiger partial charge is 0.481 e. The number of carboxylic acids is 1. The second kappa shape index (κ2) is 13.4. The minimum absolute atomic E-state index is 0.179. The first-order valence-electron chi connectivity index (χ1n) is 13.0. The summed E-state index contributed by atoms with van der Waals surface area (Å²) >= 11 is 0. The van der Waals surface area contributed by atoms with Gasteiger partial charge < -0.3 is 30.3 Å². The van der Waals surface area contributed by atoms with E-state index in [4.69, 9.17) is 4.74 Å². The molecule has 1 aliphatic heterocycles. The molecule has 1 unspecified atom stereocenters. The predicted octanol–water partition coefficient (Wildman–Crippen LogP) is 3.70. The van der Waals surface area contributed by atoms with Crippen molar-refractivity contribution in [3.63, 3.8) is 0 Å². The molecule has 1 aromatic heterocycles. The average molecular weight is 564 g/mol. The molecule has 0 bridgehead atoms. The van der Waals surface area contributed by atoms with Gasteiger partial charge in [-0.05, 0) is 54.4 Å². The first kappa shape index (κ1) is 29.0. The molecule has 11 nitrogen and oxygen atoms in total. The summed E-state index contributed by atoms with van der Waals surface area (Å²) in [5.41, 5.74) is 1.93. The predicted molar refractivity (Wildman–Crippen MR) is 148 cm³/mol. The van der Waals surface area contributed by atoms with Gasteiger partial charge in [-0.1, -0.05) is 12.1 Å². The Balaban J connectivity index is 1.62. The number of carbonyl (C=O) groups is 4. The molecule has 1 saturated heterocycles. The van der Waals surface area contributed by atoms with E-state index in [0.29, 0.717) is 55.1 Å². The normalized spacial score (nSPS) is 14.0. The van der Waals surface area contributed by atoms with Gasteiger partial charge >= 0.3 is 12.1 Å². The van der Waals surface area contributed by atoms with Crippen LogP contribution in [0.2, 0.25) is 0 Å². The number of hydrogen-bond donors (Lipinski definition) is 3. The van der Waals surface area contributed by atoms with E-state index in [1.807, 2.05) is 4.90 Å². The highest BCUT2D eigenvalue weighted by Gasteiger charge is 2.24. The second-order valence-corrected chi connectivity index (χ2v) is 9.40. The SMILES string of the molecule is COC(=O)N1CCCN(c2ccc(C(=O)NC(CC(=O)O)c3ccc(F)cc3)cc2NC(=O)c2cccnc2)CC1. The van der Waals surface area contributed by atoms with Crippen LogP contribution in [0.15, 0.2) is 67.0 Å². The zero-order chi connectivity index (χ0) is 29.4. The molecule has 2 aromatic carbocycles. The van der Waals surface area contributed by atoms with E-state index in [-0.39, 0.29) is 5.56 Å². The molecule has 0 saturated carbocycles. The van der Waals surface area contributed by atoms with Crippen LogP contribution in [-0.4, -0.2) is 72.2 Å². The molecular weight excluding hydrogens is 533 g/mol. The Morgan fingerprint density at radius 2 is 1.78 bits per heavy atom. The van der Waals surface area contributed by atoms with Crippen molar-refractivity contribution in [3.05, 3.63) is 89.5 Å². The summed E-state index contributed by atoms with van der Waals surface area (Å²) in [4.78, 5) is 57.5. The summed E-state index contributed by atoms with van der Waals surface area (Å²) < 4.78 is 18.3. The minimum atomic E-state index is -1.14. The number of amides is 3. The summed E-state index contributed by atoms with van der Waals surface area (Å²) in [6, 6.07) is 12.4. The summed E-state index contributed by atoms with van der Waals surface area (Å²) in [6.07, 6.45) is 2.80. The van der Waals surface area contributed by atoms with Gasteiger partial charge in [-0.25, -0.2) is 9.18 Å². The number of methoxy groups -OCH3 is 1. The fourth-order valence-electron chi connectivity index (χ4n) is 4.58. The molecule has 1 aliphatic rings. The molecule has 0 radical (unpaired) electrons. The lowest BCUT2D eigenvalue weighted by molar-refractivity contribution is -0.137. The van der Waals surface area contributed by atoms with Gasteiger partial charge in [-0.3, -0.25) is 19.4 Å². The number of carbonyl (C=O) groups excluding carboxylic acids is 3. The molecule has 214 valence electrons. The molecule has 1 atom stereocenters. The Morgan fingerprint density at radius 3 is 2.46 bits per heavy atom. The lowest BCUT2D eigenvalue weighted by Gasteiger charge is -2.26. The molecule has 3 N–H and O–H groups in total. The summed E-state index contributed by atoms with van der Waals surface area (Å²) in [5, 5.41) is 15.0. The second-order valence-electron chi connectivity index (χ2n) is 9.40. The van der Waals surface area contributed by atoms with Crippen molar-refractivity contribution in [3.8, 4) is 0 Å². The zero-order valence-corrected chi connectivity index (χ0v) is 22.4. The smallest absolute Gasteiger partial charge is 0.409 e. The van der Waals surface area contributed by atoms with Gasteiger partial charge in [0.05, 0.1) is 36.5 Å². The van der Waals surface area contributed by atoms with Crippen LogP contribution in [0.25, 0.3) is 0 Å². The summed E-state index contributed by atoms with van der Waals surface area (Å²) in [7, 11) is 1.33. The minimum Gasteiger partial charge on any atom is -0.481 e. The molecule has 0 spiro atoms. The molecule has 3 aromatic rings. The molecule has 0 aliphatic carbocycles. The number of ether oxygens (including phenoxy) is 1. The number of anilines is 2. The number of rotatable bonds is 8. The summed E-state index contributed by atoms with van der Waals surface area (Å²) in [5.74, 6) is -2.63. The van der Waals surface area contributed by atoms with Crippen LogP contribution in [0.3, 0.4) is 0 Å². The zero-order valence-electron chi connectivity index (χ0n) is 22.4. The van der Waals surface area contributed by atoms with Gasteiger partial charge in [-0.15, -0.1) is 0 Å². The van der Waals surface area contributed by atoms with Crippen LogP contribution in [0, 0.1) is 5.82 Å². The van der Waals surface area contributed by atoms with Crippen molar-refractivity contribution in [1.29, 1.82) is 0 Å². The number of carboxylic acid groups (broad SMARTS) is 1. The third-order valence-corrected chi connectivity index (χ3v) is 6.66. The number of pyridine rings is 1. The van der Waals surface area contributed by atoms with Crippen molar-refractivity contribution in [1.82, 2.24) is 15.2 Å². The third kappa shape index (κ3) is 7.56. The highest BCUT2D eigenvalue weighted by atomic mass is 19.1. The van der Waals surface area contributed by atoms with Gasteiger partial charge in [-0.2, -0.15) is 0 Å². The number of aliphatic carboxylic acids is 1. The lowest BCUT2D eigenvalue weighted by atomic mass is 10.0. The monoisotopic (exact) mass is 563 g/mol. The molecule has 2 heterocycles. The van der Waals surface area contributed by atoms with Gasteiger partial charge in [0.1, 0.15) is 5.82 Å². The van der Waals surface area contributed by atoms with Crippen LogP contribution >= 0.6 is 0 Å². The van der Waals surface area contributed by atoms with Crippen LogP contribution in [-0.2, 0) is 9.53 Å². The highest BCUT2D eigenvalue weighted by Crippen LogP contribution is 2.30. The van der Waals surface area contributed by atoms with Crippen molar-refractivity contribution < 1.29 is 33.4 Å². The molecule has 1 fully saturated rings. The first-order valence-corrected chi connectivity index (χ1v) is 13.0. The fraction of sp³-hybridized carbons (Fsp3) is 0.276. The quantitative estimate of drug-likeness (QED) is 0.377. The number of halogens is 1. The Morgan fingerprint density at radius 1 is 1.00 bits per heavy atom. The molecule has 12 heteroatoms. The lowest BCUT2D eigenvalue weighted by Crippen LogP contribution is -2.35. The maximum atomic E-state index is 13.4. The molecule has 4 rings (SSSR count). The van der Waals surface area contributed by atoms with Crippen molar-refractivity contribution in [2.24, 2.45) is 0 Å². The maximum Gasteiger partial charge on any atom is 0.409 e. The van der Waals surface area contributed by atoms with E-state index < -0.39 is 42.2 Å². The number of nitrogens with zero attached hydrogens (tertiary/aromatic N) is 3. The Kier molecular flexibility index (Phi) is 9.46. The number of benzene rings is 2. The van der Waals surface area contributed by atoms with Gasteiger partial charge in [0.15, 0.2) is 0 Å². The number of aromatic nitrogens is 1. The Labute approximate surface area is 235 Å². The highest BCUT2D eigenvalue weighted by molar-refractivity contribution is 6.07. The standard InChI is InChI=1S/C29H30FN5O6/c1-41-29(40)35-13-3-12-34(14-15-35)25-10-7-20(16-24(25)33-28(39)21-4-2-11-31-18-21)27(38)32-23(17-26(36)37)19-5-8-22(30)9-6-19/h2,4-11,16,18,23H,3,12-15,17H2,1H3,(H,32,38)(H,33,39)(H,36,37). The molecular formula is C29H30FN5O6. The van der Waals surface area contributed by atoms with E-state index in [1.165, 1.54) is 43.6 Å². The van der Waals surface area contributed by atoms with E-state index >= 15 is 0 Å². The summed E-state index contributed by atoms with van der Waals surface area (Å²) in [6.45, 7) is 1.95. The molecule has 3 amide bonds. The molecule has 41 heavy (non-hydrogen) atoms. The van der Waals surface area contributed by atoms with E-state index in [9.17, 15) is 28.7 Å². The van der Waals surface area contributed by atoms with E-state index in [0.717, 1.165) is 0 Å². The Hall–Kier alpha value is -5.00. The van der Waals surface area contributed by atoms with Crippen LogP contribution < -0.4 is 15.5 Å². The fourth-order valence-corrected chi connectivity index (χ4v) is 4.58. The van der Waals surface area contributed by atoms with Crippen LogP contribution in [0.1, 0.15) is 45.2 Å². The van der Waals surface area contributed by atoms with E-state index in [1.54, 1.807) is 35.4 Å². The van der Waals surface area contributed by atoms with Crippen molar-refractivity contribution in [2.45, 2.75) is 18.9 Å². The number of nitrogens with one attached hydrogen (secondary N) is 2. The topological polar surface area (TPSA) is 141 Å². The Bertz CT molecular complexity index is 1400.